The van der Waals surface area contributed by atoms with Gasteiger partial charge in [-0.15, -0.1) is 0 Å². The Hall–Kier alpha value is -2.06. The average Bonchev–Trinajstić information content (AvgIpc) is 2.32. The van der Waals surface area contributed by atoms with Gasteiger partial charge in [-0.3, -0.25) is 0 Å². The number of hydrogen-bond acceptors (Lipinski definition) is 5. The van der Waals surface area contributed by atoms with Gasteiger partial charge < -0.3 is 5.73 Å². The Balaban J connectivity index is 2.22. The Labute approximate surface area is 104 Å². The highest BCUT2D eigenvalue weighted by atomic mass is 32.2. The summed E-state index contributed by atoms with van der Waals surface area (Å²) in [6.07, 6.45) is 3.53. The second-order valence-electron chi connectivity index (χ2n) is 3.51. The molecule has 0 bridgehead atoms. The molecule has 1 aromatic heterocycles. The SMILES string of the molecule is Cc1cnc(Sc2ccc(C#N)c(N)c2)nc1. The Kier molecular flexibility index (Phi) is 3.26. The van der Waals surface area contributed by atoms with Gasteiger partial charge in [0.25, 0.3) is 0 Å². The lowest BCUT2D eigenvalue weighted by Crippen LogP contribution is -1.91. The molecule has 0 fully saturated rings. The third-order valence-corrected chi connectivity index (χ3v) is 2.99. The number of nitrogens with zero attached hydrogens (tertiary/aromatic N) is 3. The van der Waals surface area contributed by atoms with Crippen LogP contribution in [-0.4, -0.2) is 9.97 Å². The van der Waals surface area contributed by atoms with E-state index in [9.17, 15) is 0 Å². The van der Waals surface area contributed by atoms with Crippen molar-refractivity contribution in [2.24, 2.45) is 0 Å². The van der Waals surface area contributed by atoms with Crippen molar-refractivity contribution < 1.29 is 0 Å². The van der Waals surface area contributed by atoms with E-state index in [1.54, 1.807) is 24.5 Å². The number of aromatic nitrogens is 2. The van der Waals surface area contributed by atoms with Crippen LogP contribution in [0.4, 0.5) is 5.69 Å². The van der Waals surface area contributed by atoms with Crippen molar-refractivity contribution in [2.45, 2.75) is 17.0 Å². The van der Waals surface area contributed by atoms with Gasteiger partial charge >= 0.3 is 0 Å². The summed E-state index contributed by atoms with van der Waals surface area (Å²) in [5, 5.41) is 9.43. The summed E-state index contributed by atoms with van der Waals surface area (Å²) >= 11 is 1.42. The van der Waals surface area contributed by atoms with Crippen molar-refractivity contribution in [3.05, 3.63) is 41.7 Å². The smallest absolute Gasteiger partial charge is 0.192 e. The van der Waals surface area contributed by atoms with Crippen LogP contribution in [0.1, 0.15) is 11.1 Å². The Morgan fingerprint density at radius 3 is 2.59 bits per heavy atom. The highest BCUT2D eigenvalue weighted by molar-refractivity contribution is 7.99. The van der Waals surface area contributed by atoms with Gasteiger partial charge in [0.15, 0.2) is 5.16 Å². The number of aryl methyl sites for hydroxylation is 1. The molecule has 4 nitrogen and oxygen atoms in total. The molecule has 0 aliphatic carbocycles. The molecule has 0 saturated carbocycles. The highest BCUT2D eigenvalue weighted by Crippen LogP contribution is 2.27. The van der Waals surface area contributed by atoms with Crippen molar-refractivity contribution >= 4 is 17.4 Å². The fourth-order valence-electron chi connectivity index (χ4n) is 1.24. The molecule has 1 heterocycles. The molecular weight excluding hydrogens is 232 g/mol. The number of anilines is 1. The first kappa shape index (κ1) is 11.4. The number of nitrogen functional groups attached to an aromatic ring is 1. The zero-order chi connectivity index (χ0) is 12.3. The van der Waals surface area contributed by atoms with Crippen molar-refractivity contribution in [1.82, 2.24) is 9.97 Å². The van der Waals surface area contributed by atoms with E-state index in [1.807, 2.05) is 19.1 Å². The summed E-state index contributed by atoms with van der Waals surface area (Å²) in [6, 6.07) is 7.32. The first-order valence-electron chi connectivity index (χ1n) is 4.95. The van der Waals surface area contributed by atoms with Gasteiger partial charge in [-0.25, -0.2) is 9.97 Å². The van der Waals surface area contributed by atoms with Crippen LogP contribution in [0.3, 0.4) is 0 Å². The summed E-state index contributed by atoms with van der Waals surface area (Å²) in [5.74, 6) is 0. The number of benzene rings is 1. The Morgan fingerprint density at radius 1 is 1.29 bits per heavy atom. The minimum absolute atomic E-state index is 0.476. The minimum atomic E-state index is 0.476. The molecule has 0 aliphatic rings. The van der Waals surface area contributed by atoms with E-state index in [2.05, 4.69) is 9.97 Å². The molecule has 2 N–H and O–H groups in total. The normalized spacial score (nSPS) is 9.88. The summed E-state index contributed by atoms with van der Waals surface area (Å²) in [5.41, 5.74) is 7.72. The molecular formula is C12H10N4S. The van der Waals surface area contributed by atoms with Crippen molar-refractivity contribution in [3.8, 4) is 6.07 Å². The van der Waals surface area contributed by atoms with E-state index in [0.29, 0.717) is 16.4 Å². The van der Waals surface area contributed by atoms with Crippen LogP contribution in [0.5, 0.6) is 0 Å². The molecule has 5 heteroatoms. The van der Waals surface area contributed by atoms with E-state index in [4.69, 9.17) is 11.0 Å². The van der Waals surface area contributed by atoms with Gasteiger partial charge in [-0.1, -0.05) is 0 Å². The lowest BCUT2D eigenvalue weighted by atomic mass is 10.2. The largest absolute Gasteiger partial charge is 0.398 e. The number of nitrogens with two attached hydrogens (primary N) is 1. The lowest BCUT2D eigenvalue weighted by molar-refractivity contribution is 0.950. The molecule has 0 radical (unpaired) electrons. The summed E-state index contributed by atoms with van der Waals surface area (Å²) in [4.78, 5) is 9.31. The predicted octanol–water partition coefficient (Wildman–Crippen LogP) is 2.39. The third kappa shape index (κ3) is 2.74. The number of nitriles is 1. The lowest BCUT2D eigenvalue weighted by Gasteiger charge is -2.02. The first-order chi connectivity index (χ1) is 8.19. The Morgan fingerprint density at radius 2 is 2.00 bits per heavy atom. The zero-order valence-electron chi connectivity index (χ0n) is 9.21. The second-order valence-corrected chi connectivity index (χ2v) is 4.55. The molecule has 0 unspecified atom stereocenters. The van der Waals surface area contributed by atoms with Crippen LogP contribution in [0.25, 0.3) is 0 Å². The van der Waals surface area contributed by atoms with Gasteiger partial charge in [0.2, 0.25) is 0 Å². The molecule has 0 saturated heterocycles. The average molecular weight is 242 g/mol. The number of rotatable bonds is 2. The van der Waals surface area contributed by atoms with Gasteiger partial charge in [-0.2, -0.15) is 5.26 Å². The molecule has 0 spiro atoms. The molecule has 84 valence electrons. The van der Waals surface area contributed by atoms with Gasteiger partial charge in [0.05, 0.1) is 11.3 Å². The van der Waals surface area contributed by atoms with Crippen molar-refractivity contribution in [2.75, 3.05) is 5.73 Å². The van der Waals surface area contributed by atoms with Crippen molar-refractivity contribution in [1.29, 1.82) is 5.26 Å². The van der Waals surface area contributed by atoms with Crippen molar-refractivity contribution in [3.63, 3.8) is 0 Å². The molecule has 17 heavy (non-hydrogen) atoms. The van der Waals surface area contributed by atoms with Gasteiger partial charge in [0, 0.05) is 17.3 Å². The highest BCUT2D eigenvalue weighted by Gasteiger charge is 2.03. The molecule has 2 aromatic rings. The monoisotopic (exact) mass is 242 g/mol. The maximum atomic E-state index is 8.77. The van der Waals surface area contributed by atoms with Gasteiger partial charge in [0.1, 0.15) is 6.07 Å². The fraction of sp³-hybridized carbons (Fsp3) is 0.0833. The zero-order valence-corrected chi connectivity index (χ0v) is 10.0. The predicted molar refractivity (Wildman–Crippen MR) is 66.5 cm³/mol. The maximum absolute atomic E-state index is 8.77. The van der Waals surface area contributed by atoms with E-state index < -0.39 is 0 Å². The van der Waals surface area contributed by atoms with Crippen LogP contribution in [0.15, 0.2) is 40.6 Å². The van der Waals surface area contributed by atoms with E-state index >= 15 is 0 Å². The van der Waals surface area contributed by atoms with Crippen LogP contribution < -0.4 is 5.73 Å². The molecule has 0 amide bonds. The summed E-state index contributed by atoms with van der Waals surface area (Å²) < 4.78 is 0. The second kappa shape index (κ2) is 4.85. The van der Waals surface area contributed by atoms with Crippen LogP contribution in [0.2, 0.25) is 0 Å². The third-order valence-electron chi connectivity index (χ3n) is 2.11. The first-order valence-corrected chi connectivity index (χ1v) is 5.77. The summed E-state index contributed by atoms with van der Waals surface area (Å²) in [7, 11) is 0. The van der Waals surface area contributed by atoms with E-state index in [-0.39, 0.29) is 0 Å². The molecule has 1 aromatic carbocycles. The number of hydrogen-bond donors (Lipinski definition) is 1. The van der Waals surface area contributed by atoms with E-state index in [0.717, 1.165) is 10.5 Å². The summed E-state index contributed by atoms with van der Waals surface area (Å²) in [6.45, 7) is 1.94. The quantitative estimate of drug-likeness (QED) is 0.646. The molecule has 0 atom stereocenters. The molecule has 0 aliphatic heterocycles. The maximum Gasteiger partial charge on any atom is 0.192 e. The van der Waals surface area contributed by atoms with Crippen LogP contribution >= 0.6 is 11.8 Å². The van der Waals surface area contributed by atoms with Crippen LogP contribution in [-0.2, 0) is 0 Å². The van der Waals surface area contributed by atoms with Gasteiger partial charge in [-0.05, 0) is 42.4 Å². The van der Waals surface area contributed by atoms with Crippen LogP contribution in [0, 0.1) is 18.3 Å². The fourth-order valence-corrected chi connectivity index (χ4v) is 1.99. The minimum Gasteiger partial charge on any atom is -0.398 e. The Bertz CT molecular complexity index is 572. The standard InChI is InChI=1S/C12H10N4S/c1-8-6-15-12(16-7-8)17-10-3-2-9(5-13)11(14)4-10/h2-4,6-7H,14H2,1H3. The molecule has 2 rings (SSSR count). The van der Waals surface area contributed by atoms with E-state index in [1.165, 1.54) is 11.8 Å². The topological polar surface area (TPSA) is 75.6 Å².